The van der Waals surface area contributed by atoms with E-state index in [1.807, 2.05) is 24.3 Å². The van der Waals surface area contributed by atoms with Crippen molar-refractivity contribution in [2.45, 2.75) is 6.92 Å². The zero-order valence-electron chi connectivity index (χ0n) is 30.9. The van der Waals surface area contributed by atoms with Crippen LogP contribution in [-0.2, 0) is 0 Å². The Kier molecular flexibility index (Phi) is 8.19. The summed E-state index contributed by atoms with van der Waals surface area (Å²) in [5.74, 6) is 0. The largest absolute Gasteiger partial charge is 0.456 e. The van der Waals surface area contributed by atoms with Gasteiger partial charge in [0.2, 0.25) is 0 Å². The predicted molar refractivity (Wildman–Crippen MR) is 237 cm³/mol. The van der Waals surface area contributed by atoms with E-state index in [1.54, 1.807) is 6.08 Å². The quantitative estimate of drug-likeness (QED) is 0.146. The number of para-hydroxylation sites is 2. The molecule has 266 valence electrons. The fraction of sp³-hybridized carbons (Fsp3) is 0.0189. The van der Waals surface area contributed by atoms with E-state index in [4.69, 9.17) is 8.83 Å². The molecule has 0 saturated carbocycles. The minimum Gasteiger partial charge on any atom is -0.456 e. The summed E-state index contributed by atoms with van der Waals surface area (Å²) in [5, 5.41) is 6.72. The Morgan fingerprint density at radius 3 is 1.89 bits per heavy atom. The molecule has 3 nitrogen and oxygen atoms in total. The van der Waals surface area contributed by atoms with Gasteiger partial charge >= 0.3 is 0 Å². The Morgan fingerprint density at radius 1 is 0.482 bits per heavy atom. The zero-order chi connectivity index (χ0) is 37.6. The molecular formula is C53H37NO2. The van der Waals surface area contributed by atoms with Crippen LogP contribution in [0.15, 0.2) is 210 Å². The van der Waals surface area contributed by atoms with Crippen LogP contribution in [0.4, 0.5) is 17.1 Å². The molecule has 56 heavy (non-hydrogen) atoms. The molecule has 3 heteroatoms. The van der Waals surface area contributed by atoms with E-state index in [1.165, 1.54) is 11.1 Å². The van der Waals surface area contributed by atoms with Gasteiger partial charge in [-0.05, 0) is 106 Å². The van der Waals surface area contributed by atoms with E-state index < -0.39 is 0 Å². The number of rotatable bonds is 8. The summed E-state index contributed by atoms with van der Waals surface area (Å²) < 4.78 is 13.1. The molecule has 0 radical (unpaired) electrons. The van der Waals surface area contributed by atoms with Crippen molar-refractivity contribution in [2.24, 2.45) is 0 Å². The molecule has 10 aromatic rings. The molecule has 0 bridgehead atoms. The van der Waals surface area contributed by atoms with Crippen LogP contribution in [0.25, 0.3) is 82.5 Å². The number of nitrogens with zero attached hydrogens (tertiary/aromatic N) is 1. The monoisotopic (exact) mass is 719 g/mol. The number of anilines is 3. The van der Waals surface area contributed by atoms with Crippen LogP contribution in [0.5, 0.6) is 0 Å². The molecular weight excluding hydrogens is 683 g/mol. The highest BCUT2D eigenvalue weighted by Crippen LogP contribution is 2.44. The van der Waals surface area contributed by atoms with Gasteiger partial charge in [0.1, 0.15) is 16.7 Å². The lowest BCUT2D eigenvalue weighted by Crippen LogP contribution is -2.10. The first-order valence-corrected chi connectivity index (χ1v) is 18.9. The van der Waals surface area contributed by atoms with Gasteiger partial charge in [0, 0.05) is 38.3 Å². The molecule has 0 aliphatic rings. The van der Waals surface area contributed by atoms with Crippen LogP contribution in [0, 0.1) is 0 Å². The van der Waals surface area contributed by atoms with Gasteiger partial charge in [-0.25, -0.2) is 0 Å². The standard InChI is InChI=1S/C53H37NO2/c1-3-4-5-12-35(2)39-14-10-15-40(33-39)36-21-27-42(28-22-36)54(49-19-11-18-47-48-32-25-38-13-6-7-16-44(38)52(48)56-53(47)49)43-29-23-37(24-30-43)41-26-31-46-45-17-8-9-20-50(45)55-51(46)34-41/h3-34H,1H2,2H3/b5-4-,35-12+. The topological polar surface area (TPSA) is 29.5 Å². The van der Waals surface area contributed by atoms with Gasteiger partial charge in [0.25, 0.3) is 0 Å². The Bertz CT molecular complexity index is 3160. The first-order chi connectivity index (χ1) is 27.6. The lowest BCUT2D eigenvalue weighted by Gasteiger charge is -2.26. The molecule has 10 rings (SSSR count). The van der Waals surface area contributed by atoms with Crippen molar-refractivity contribution in [3.8, 4) is 22.3 Å². The average Bonchev–Trinajstić information content (AvgIpc) is 3.83. The molecule has 0 fully saturated rings. The normalized spacial score (nSPS) is 12.1. The number of allylic oxidation sites excluding steroid dienone is 5. The molecule has 0 aliphatic carbocycles. The van der Waals surface area contributed by atoms with Crippen LogP contribution in [0.1, 0.15) is 12.5 Å². The Balaban J connectivity index is 1.08. The maximum atomic E-state index is 6.88. The Hall–Kier alpha value is -7.36. The number of hydrogen-bond donors (Lipinski definition) is 0. The van der Waals surface area contributed by atoms with Crippen molar-refractivity contribution in [3.05, 3.63) is 206 Å². The van der Waals surface area contributed by atoms with E-state index in [0.29, 0.717) is 0 Å². The first-order valence-electron chi connectivity index (χ1n) is 18.9. The maximum absolute atomic E-state index is 6.88. The van der Waals surface area contributed by atoms with Crippen molar-refractivity contribution in [1.82, 2.24) is 0 Å². The third-order valence-corrected chi connectivity index (χ3v) is 10.8. The zero-order valence-corrected chi connectivity index (χ0v) is 30.9. The molecule has 8 aromatic carbocycles. The minimum atomic E-state index is 0.850. The Morgan fingerprint density at radius 2 is 1.11 bits per heavy atom. The van der Waals surface area contributed by atoms with Crippen LogP contribution in [0.3, 0.4) is 0 Å². The van der Waals surface area contributed by atoms with Gasteiger partial charge in [-0.2, -0.15) is 0 Å². The summed E-state index contributed by atoms with van der Waals surface area (Å²) in [6.45, 7) is 5.92. The number of hydrogen-bond acceptors (Lipinski definition) is 3. The highest BCUT2D eigenvalue weighted by Gasteiger charge is 2.21. The summed E-state index contributed by atoms with van der Waals surface area (Å²) in [6, 6.07) is 60.2. The van der Waals surface area contributed by atoms with Gasteiger partial charge in [-0.15, -0.1) is 0 Å². The van der Waals surface area contributed by atoms with Gasteiger partial charge < -0.3 is 13.7 Å². The lowest BCUT2D eigenvalue weighted by molar-refractivity contribution is 0.669. The van der Waals surface area contributed by atoms with E-state index in [2.05, 4.69) is 182 Å². The molecule has 0 amide bonds. The molecule has 0 aliphatic heterocycles. The first kappa shape index (κ1) is 33.2. The van der Waals surface area contributed by atoms with Gasteiger partial charge in [0.05, 0.1) is 5.69 Å². The van der Waals surface area contributed by atoms with Gasteiger partial charge in [0.15, 0.2) is 5.58 Å². The van der Waals surface area contributed by atoms with Crippen molar-refractivity contribution in [2.75, 3.05) is 4.90 Å². The molecule has 0 unspecified atom stereocenters. The second-order valence-corrected chi connectivity index (χ2v) is 14.2. The van der Waals surface area contributed by atoms with E-state index in [0.717, 1.165) is 94.0 Å². The molecule has 2 aromatic heterocycles. The van der Waals surface area contributed by atoms with Crippen molar-refractivity contribution >= 4 is 77.3 Å². The average molecular weight is 720 g/mol. The second-order valence-electron chi connectivity index (χ2n) is 14.2. The smallest absolute Gasteiger partial charge is 0.159 e. The predicted octanol–water partition coefficient (Wildman–Crippen LogP) is 15.6. The maximum Gasteiger partial charge on any atom is 0.159 e. The van der Waals surface area contributed by atoms with Crippen LogP contribution in [-0.4, -0.2) is 0 Å². The molecule has 0 spiro atoms. The molecule has 0 atom stereocenters. The van der Waals surface area contributed by atoms with E-state index in [9.17, 15) is 0 Å². The third kappa shape index (κ3) is 5.78. The van der Waals surface area contributed by atoms with Crippen molar-refractivity contribution in [3.63, 3.8) is 0 Å². The summed E-state index contributed by atoms with van der Waals surface area (Å²) in [7, 11) is 0. The van der Waals surface area contributed by atoms with Gasteiger partial charge in [-0.1, -0.05) is 140 Å². The highest BCUT2D eigenvalue weighted by molar-refractivity contribution is 6.17. The van der Waals surface area contributed by atoms with Crippen LogP contribution in [0.2, 0.25) is 0 Å². The molecule has 0 saturated heterocycles. The van der Waals surface area contributed by atoms with E-state index >= 15 is 0 Å². The molecule has 0 N–H and O–H groups in total. The van der Waals surface area contributed by atoms with Crippen molar-refractivity contribution in [1.29, 1.82) is 0 Å². The summed E-state index contributed by atoms with van der Waals surface area (Å²) in [6.07, 6.45) is 7.88. The SMILES string of the molecule is C=C/C=C\C=C(/C)c1cccc(-c2ccc(N(c3ccc(-c4ccc5c(c4)oc4ccccc45)cc3)c3cccc4c3oc3c5ccccc5ccc43)cc2)c1. The number of fused-ring (bicyclic) bond motifs is 8. The lowest BCUT2D eigenvalue weighted by atomic mass is 9.99. The fourth-order valence-electron chi connectivity index (χ4n) is 7.94. The Labute approximate surface area is 325 Å². The summed E-state index contributed by atoms with van der Waals surface area (Å²) in [5.41, 5.74) is 13.5. The van der Waals surface area contributed by atoms with Gasteiger partial charge in [-0.3, -0.25) is 0 Å². The number of benzene rings is 8. The van der Waals surface area contributed by atoms with Crippen molar-refractivity contribution < 1.29 is 8.83 Å². The van der Waals surface area contributed by atoms with Crippen LogP contribution < -0.4 is 4.90 Å². The number of furan rings is 2. The summed E-state index contributed by atoms with van der Waals surface area (Å²) >= 11 is 0. The van der Waals surface area contributed by atoms with E-state index in [-0.39, 0.29) is 0 Å². The molecule has 2 heterocycles. The van der Waals surface area contributed by atoms with Crippen LogP contribution >= 0.6 is 0 Å². The minimum absolute atomic E-state index is 0.850. The fourth-order valence-corrected chi connectivity index (χ4v) is 7.94. The summed E-state index contributed by atoms with van der Waals surface area (Å²) in [4.78, 5) is 2.30. The second kappa shape index (κ2) is 13.8. The highest BCUT2D eigenvalue weighted by atomic mass is 16.3. The third-order valence-electron chi connectivity index (χ3n) is 10.8.